The van der Waals surface area contributed by atoms with E-state index in [9.17, 15) is 13.2 Å². The number of furan rings is 1. The summed E-state index contributed by atoms with van der Waals surface area (Å²) in [6, 6.07) is 18.4. The van der Waals surface area contributed by atoms with Gasteiger partial charge in [-0.05, 0) is 62.1 Å². The highest BCUT2D eigenvalue weighted by molar-refractivity contribution is 7.90. The van der Waals surface area contributed by atoms with Gasteiger partial charge in [-0.3, -0.25) is 4.79 Å². The molecule has 0 spiro atoms. The third kappa shape index (κ3) is 4.91. The Kier molecular flexibility index (Phi) is 5.90. The van der Waals surface area contributed by atoms with Crippen molar-refractivity contribution in [3.05, 3.63) is 78.3 Å². The van der Waals surface area contributed by atoms with Gasteiger partial charge < -0.3 is 14.5 Å². The first kappa shape index (κ1) is 20.2. The largest absolute Gasteiger partial charge is 0.490 e. The van der Waals surface area contributed by atoms with Crippen LogP contribution >= 0.6 is 0 Å². The fraction of sp³-hybridized carbons (Fsp3) is 0.261. The minimum absolute atomic E-state index is 0.0513. The third-order valence-electron chi connectivity index (χ3n) is 5.02. The highest BCUT2D eigenvalue weighted by Crippen LogP contribution is 2.26. The van der Waals surface area contributed by atoms with Gasteiger partial charge in [0.15, 0.2) is 15.6 Å². The molecule has 7 heteroatoms. The van der Waals surface area contributed by atoms with Crippen molar-refractivity contribution >= 4 is 21.4 Å². The van der Waals surface area contributed by atoms with E-state index in [1.54, 1.807) is 30.3 Å². The van der Waals surface area contributed by atoms with Crippen LogP contribution in [-0.2, 0) is 15.6 Å². The molecule has 1 aliphatic rings. The molecule has 0 unspecified atom stereocenters. The van der Waals surface area contributed by atoms with Crippen molar-refractivity contribution in [1.82, 2.24) is 0 Å². The Balaban J connectivity index is 1.41. The van der Waals surface area contributed by atoms with Crippen molar-refractivity contribution in [2.24, 2.45) is 0 Å². The maximum Gasteiger partial charge on any atom is 0.291 e. The molecule has 0 bridgehead atoms. The van der Waals surface area contributed by atoms with E-state index in [4.69, 9.17) is 9.15 Å². The fourth-order valence-electron chi connectivity index (χ4n) is 3.51. The van der Waals surface area contributed by atoms with Gasteiger partial charge in [0.2, 0.25) is 0 Å². The summed E-state index contributed by atoms with van der Waals surface area (Å²) in [5.74, 6) is 0.220. The Labute approximate surface area is 175 Å². The Morgan fingerprint density at radius 3 is 2.53 bits per heavy atom. The molecule has 0 atom stereocenters. The number of anilines is 1. The Morgan fingerprint density at radius 2 is 1.77 bits per heavy atom. The van der Waals surface area contributed by atoms with E-state index in [0.29, 0.717) is 11.4 Å². The summed E-state index contributed by atoms with van der Waals surface area (Å²) in [7, 11) is -3.54. The summed E-state index contributed by atoms with van der Waals surface area (Å²) in [5.41, 5.74) is 0.588. The standard InChI is InChI=1S/C23H23NO5S/c25-23(24-17-7-6-10-19(15-17)28-18-8-4-5-9-18)22-14-13-20(29-22)16-30(26,27)21-11-2-1-3-12-21/h1-3,6-7,10-15,18H,4-5,8-9,16H2,(H,24,25). The minimum Gasteiger partial charge on any atom is -0.490 e. The average molecular weight is 426 g/mol. The van der Waals surface area contributed by atoms with Crippen LogP contribution in [-0.4, -0.2) is 20.4 Å². The lowest BCUT2D eigenvalue weighted by atomic mass is 10.2. The summed E-state index contributed by atoms with van der Waals surface area (Å²) < 4.78 is 36.4. The van der Waals surface area contributed by atoms with Crippen LogP contribution in [0.15, 0.2) is 76.0 Å². The number of sulfone groups is 1. The van der Waals surface area contributed by atoms with E-state index in [-0.39, 0.29) is 28.3 Å². The zero-order valence-corrected chi connectivity index (χ0v) is 17.2. The van der Waals surface area contributed by atoms with Gasteiger partial charge in [0.25, 0.3) is 5.91 Å². The lowest BCUT2D eigenvalue weighted by molar-refractivity contribution is 0.0995. The predicted octanol–water partition coefficient (Wildman–Crippen LogP) is 4.83. The summed E-state index contributed by atoms with van der Waals surface area (Å²) in [5, 5.41) is 2.77. The second-order valence-corrected chi connectivity index (χ2v) is 9.33. The van der Waals surface area contributed by atoms with Gasteiger partial charge >= 0.3 is 0 Å². The predicted molar refractivity (Wildman–Crippen MR) is 113 cm³/mol. The fourth-order valence-corrected chi connectivity index (χ4v) is 4.78. The minimum atomic E-state index is -3.54. The number of carbonyl (C=O) groups excluding carboxylic acids is 1. The third-order valence-corrected chi connectivity index (χ3v) is 6.67. The van der Waals surface area contributed by atoms with E-state index in [1.807, 2.05) is 12.1 Å². The summed E-state index contributed by atoms with van der Waals surface area (Å²) in [6.45, 7) is 0. The molecule has 1 N–H and O–H groups in total. The average Bonchev–Trinajstić information content (AvgIpc) is 3.41. The molecule has 0 radical (unpaired) electrons. The molecular weight excluding hydrogens is 402 g/mol. The summed E-state index contributed by atoms with van der Waals surface area (Å²) >= 11 is 0. The van der Waals surface area contributed by atoms with Gasteiger partial charge in [-0.15, -0.1) is 0 Å². The molecule has 6 nitrogen and oxygen atoms in total. The van der Waals surface area contributed by atoms with Crippen molar-refractivity contribution in [3.8, 4) is 5.75 Å². The number of ether oxygens (including phenoxy) is 1. The summed E-state index contributed by atoms with van der Waals surface area (Å²) in [4.78, 5) is 12.7. The number of hydrogen-bond donors (Lipinski definition) is 1. The number of hydrogen-bond acceptors (Lipinski definition) is 5. The Morgan fingerprint density at radius 1 is 1.00 bits per heavy atom. The number of nitrogens with one attached hydrogen (secondary N) is 1. The first-order valence-corrected chi connectivity index (χ1v) is 11.6. The van der Waals surface area contributed by atoms with Gasteiger partial charge in [-0.2, -0.15) is 0 Å². The number of amides is 1. The van der Waals surface area contributed by atoms with Crippen molar-refractivity contribution in [2.45, 2.75) is 42.4 Å². The summed E-state index contributed by atoms with van der Waals surface area (Å²) in [6.07, 6.45) is 4.70. The number of carbonyl (C=O) groups is 1. The molecule has 1 amide bonds. The van der Waals surface area contributed by atoms with Crippen LogP contribution in [0.1, 0.15) is 42.0 Å². The molecular formula is C23H23NO5S. The van der Waals surface area contributed by atoms with Gasteiger partial charge in [0.05, 0.1) is 11.0 Å². The molecule has 1 saturated carbocycles. The topological polar surface area (TPSA) is 85.6 Å². The Bertz CT molecular complexity index is 1120. The molecule has 3 aromatic rings. The molecule has 1 fully saturated rings. The maximum atomic E-state index is 12.5. The second kappa shape index (κ2) is 8.75. The highest BCUT2D eigenvalue weighted by atomic mass is 32.2. The van der Waals surface area contributed by atoms with Crippen LogP contribution in [0.3, 0.4) is 0 Å². The molecule has 0 saturated heterocycles. The van der Waals surface area contributed by atoms with E-state index in [2.05, 4.69) is 5.32 Å². The van der Waals surface area contributed by atoms with E-state index in [1.165, 1.54) is 37.1 Å². The van der Waals surface area contributed by atoms with Crippen LogP contribution in [0, 0.1) is 0 Å². The molecule has 30 heavy (non-hydrogen) atoms. The molecule has 156 valence electrons. The van der Waals surface area contributed by atoms with Crippen LogP contribution in [0.5, 0.6) is 5.75 Å². The quantitative estimate of drug-likeness (QED) is 0.586. The first-order valence-electron chi connectivity index (χ1n) is 9.94. The first-order chi connectivity index (χ1) is 14.5. The van der Waals surface area contributed by atoms with Gasteiger partial charge in [0.1, 0.15) is 17.3 Å². The molecule has 2 aromatic carbocycles. The van der Waals surface area contributed by atoms with E-state index in [0.717, 1.165) is 12.8 Å². The van der Waals surface area contributed by atoms with Gasteiger partial charge in [0, 0.05) is 11.8 Å². The lowest BCUT2D eigenvalue weighted by Gasteiger charge is -2.14. The molecule has 4 rings (SSSR count). The zero-order valence-electron chi connectivity index (χ0n) is 16.4. The van der Waals surface area contributed by atoms with Gasteiger partial charge in [-0.1, -0.05) is 24.3 Å². The number of benzene rings is 2. The zero-order chi connectivity index (χ0) is 21.0. The van der Waals surface area contributed by atoms with E-state index >= 15 is 0 Å². The SMILES string of the molecule is O=C(Nc1cccc(OC2CCCC2)c1)c1ccc(CS(=O)(=O)c2ccccc2)o1. The highest BCUT2D eigenvalue weighted by Gasteiger charge is 2.20. The van der Waals surface area contributed by atoms with E-state index < -0.39 is 15.7 Å². The van der Waals surface area contributed by atoms with Crippen molar-refractivity contribution < 1.29 is 22.4 Å². The van der Waals surface area contributed by atoms with Crippen LogP contribution in [0.25, 0.3) is 0 Å². The van der Waals surface area contributed by atoms with Crippen LogP contribution < -0.4 is 10.1 Å². The number of rotatable bonds is 7. The van der Waals surface area contributed by atoms with Crippen LogP contribution in [0.2, 0.25) is 0 Å². The van der Waals surface area contributed by atoms with Gasteiger partial charge in [-0.25, -0.2) is 8.42 Å². The lowest BCUT2D eigenvalue weighted by Crippen LogP contribution is -2.13. The smallest absolute Gasteiger partial charge is 0.291 e. The molecule has 0 aliphatic heterocycles. The van der Waals surface area contributed by atoms with Crippen LogP contribution in [0.4, 0.5) is 5.69 Å². The Hall–Kier alpha value is -3.06. The van der Waals surface area contributed by atoms with Crippen molar-refractivity contribution in [3.63, 3.8) is 0 Å². The second-order valence-electron chi connectivity index (χ2n) is 7.34. The monoisotopic (exact) mass is 425 g/mol. The van der Waals surface area contributed by atoms with Crippen molar-refractivity contribution in [2.75, 3.05) is 5.32 Å². The van der Waals surface area contributed by atoms with Crippen molar-refractivity contribution in [1.29, 1.82) is 0 Å². The maximum absolute atomic E-state index is 12.5. The molecule has 1 heterocycles. The normalized spacial score (nSPS) is 14.5. The molecule has 1 aliphatic carbocycles. The molecule has 1 aromatic heterocycles.